The predicted molar refractivity (Wildman–Crippen MR) is 86.8 cm³/mol. The maximum absolute atomic E-state index is 12.7. The van der Waals surface area contributed by atoms with Crippen LogP contribution in [0.2, 0.25) is 0 Å². The van der Waals surface area contributed by atoms with Crippen molar-refractivity contribution in [2.24, 2.45) is 0 Å². The molecular weight excluding hydrogens is 332 g/mol. The van der Waals surface area contributed by atoms with Gasteiger partial charge in [0, 0.05) is 38.6 Å². The van der Waals surface area contributed by atoms with E-state index < -0.39 is 10.0 Å². The molecule has 0 unspecified atom stereocenters. The molecule has 1 fully saturated rings. The van der Waals surface area contributed by atoms with E-state index in [9.17, 15) is 8.42 Å². The molecule has 0 saturated carbocycles. The van der Waals surface area contributed by atoms with Gasteiger partial charge in [0.25, 0.3) is 15.9 Å². The van der Waals surface area contributed by atoms with Crippen LogP contribution in [0.5, 0.6) is 0 Å². The number of furan rings is 1. The summed E-state index contributed by atoms with van der Waals surface area (Å²) in [6.45, 7) is 8.46. The first kappa shape index (κ1) is 17.1. The van der Waals surface area contributed by atoms with Crippen LogP contribution in [-0.2, 0) is 16.4 Å². The maximum Gasteiger partial charge on any atom is 0.283 e. The Kier molecular flexibility index (Phi) is 4.75. The van der Waals surface area contributed by atoms with E-state index in [1.165, 1.54) is 10.4 Å². The fourth-order valence-corrected chi connectivity index (χ4v) is 3.99. The normalized spacial score (nSPS) is 17.7. The van der Waals surface area contributed by atoms with E-state index in [4.69, 9.17) is 8.83 Å². The van der Waals surface area contributed by atoms with Crippen molar-refractivity contribution < 1.29 is 17.3 Å². The van der Waals surface area contributed by atoms with Gasteiger partial charge < -0.3 is 8.83 Å². The number of piperazine rings is 1. The minimum absolute atomic E-state index is 0.0910. The van der Waals surface area contributed by atoms with Crippen LogP contribution < -0.4 is 0 Å². The minimum Gasteiger partial charge on any atom is -0.438 e. The topological polar surface area (TPSA) is 92.7 Å². The summed E-state index contributed by atoms with van der Waals surface area (Å²) in [7, 11) is -3.65. The second-order valence-electron chi connectivity index (χ2n) is 6.01. The van der Waals surface area contributed by atoms with Gasteiger partial charge >= 0.3 is 0 Å². The fourth-order valence-electron chi connectivity index (χ4n) is 2.66. The zero-order chi connectivity index (χ0) is 17.3. The molecule has 1 saturated heterocycles. The third-order valence-electron chi connectivity index (χ3n) is 4.16. The van der Waals surface area contributed by atoms with E-state index >= 15 is 0 Å². The SMILES string of the molecule is CCc1nnc(-c2ccc(S(=O)(=O)N3CCN(C(C)C)CC3)o2)o1. The lowest BCUT2D eigenvalue weighted by Gasteiger charge is -2.35. The van der Waals surface area contributed by atoms with Gasteiger partial charge in [-0.1, -0.05) is 6.92 Å². The van der Waals surface area contributed by atoms with E-state index in [-0.39, 0.29) is 16.7 Å². The molecule has 1 aliphatic heterocycles. The van der Waals surface area contributed by atoms with E-state index in [1.807, 2.05) is 6.92 Å². The summed E-state index contributed by atoms with van der Waals surface area (Å²) in [5.41, 5.74) is 0. The Morgan fingerprint density at radius 3 is 2.42 bits per heavy atom. The number of nitrogens with zero attached hydrogens (tertiary/aromatic N) is 4. The summed E-state index contributed by atoms with van der Waals surface area (Å²) in [6.07, 6.45) is 0.610. The van der Waals surface area contributed by atoms with E-state index in [2.05, 4.69) is 28.9 Å². The van der Waals surface area contributed by atoms with Crippen molar-refractivity contribution in [1.82, 2.24) is 19.4 Å². The Hall–Kier alpha value is -1.71. The summed E-state index contributed by atoms with van der Waals surface area (Å²) >= 11 is 0. The lowest BCUT2D eigenvalue weighted by molar-refractivity contribution is 0.153. The van der Waals surface area contributed by atoms with Crippen LogP contribution in [0.25, 0.3) is 11.7 Å². The average molecular weight is 354 g/mol. The molecule has 0 aliphatic carbocycles. The van der Waals surface area contributed by atoms with Gasteiger partial charge in [-0.3, -0.25) is 4.90 Å². The van der Waals surface area contributed by atoms with Crippen LogP contribution in [0.15, 0.2) is 26.1 Å². The smallest absolute Gasteiger partial charge is 0.283 e. The predicted octanol–water partition coefficient (Wildman–Crippen LogP) is 1.61. The lowest BCUT2D eigenvalue weighted by Crippen LogP contribution is -2.50. The molecule has 8 nitrogen and oxygen atoms in total. The Morgan fingerprint density at radius 1 is 1.12 bits per heavy atom. The second-order valence-corrected chi connectivity index (χ2v) is 7.88. The van der Waals surface area contributed by atoms with Gasteiger partial charge in [-0.2, -0.15) is 4.31 Å². The molecule has 24 heavy (non-hydrogen) atoms. The molecule has 132 valence electrons. The van der Waals surface area contributed by atoms with Gasteiger partial charge in [0.2, 0.25) is 11.0 Å². The molecule has 0 radical (unpaired) electrons. The first-order valence-corrected chi connectivity index (χ1v) is 9.52. The largest absolute Gasteiger partial charge is 0.438 e. The van der Waals surface area contributed by atoms with E-state index in [1.54, 1.807) is 6.07 Å². The molecular formula is C15H22N4O4S. The number of rotatable bonds is 5. The minimum atomic E-state index is -3.65. The Labute approximate surface area is 141 Å². The average Bonchev–Trinajstić information content (AvgIpc) is 3.24. The molecule has 0 N–H and O–H groups in total. The molecule has 0 spiro atoms. The van der Waals surface area contributed by atoms with Gasteiger partial charge in [-0.15, -0.1) is 10.2 Å². The third kappa shape index (κ3) is 3.24. The van der Waals surface area contributed by atoms with Crippen molar-refractivity contribution in [3.05, 3.63) is 18.0 Å². The molecule has 0 amide bonds. The summed E-state index contributed by atoms with van der Waals surface area (Å²) in [5, 5.41) is 7.63. The van der Waals surface area contributed by atoms with Crippen molar-refractivity contribution >= 4 is 10.0 Å². The highest BCUT2D eigenvalue weighted by Crippen LogP contribution is 2.26. The van der Waals surface area contributed by atoms with Crippen LogP contribution in [0, 0.1) is 0 Å². The number of sulfonamides is 1. The summed E-state index contributed by atoms with van der Waals surface area (Å²) in [5.74, 6) is 0.940. The van der Waals surface area contributed by atoms with Crippen LogP contribution in [0.4, 0.5) is 0 Å². The zero-order valence-electron chi connectivity index (χ0n) is 14.1. The fraction of sp³-hybridized carbons (Fsp3) is 0.600. The van der Waals surface area contributed by atoms with Gasteiger partial charge in [-0.25, -0.2) is 8.42 Å². The lowest BCUT2D eigenvalue weighted by atomic mass is 10.3. The molecule has 0 bridgehead atoms. The molecule has 0 aromatic carbocycles. The molecule has 1 aliphatic rings. The molecule has 3 heterocycles. The van der Waals surface area contributed by atoms with Crippen molar-refractivity contribution in [3.8, 4) is 11.7 Å². The molecule has 3 rings (SSSR count). The summed E-state index contributed by atoms with van der Waals surface area (Å²) < 4.78 is 37.8. The highest BCUT2D eigenvalue weighted by Gasteiger charge is 2.32. The molecule has 0 atom stereocenters. The second kappa shape index (κ2) is 6.66. The van der Waals surface area contributed by atoms with Crippen LogP contribution in [-0.4, -0.2) is 60.0 Å². The quantitative estimate of drug-likeness (QED) is 0.805. The molecule has 2 aromatic heterocycles. The van der Waals surface area contributed by atoms with Crippen molar-refractivity contribution in [1.29, 1.82) is 0 Å². The van der Waals surface area contributed by atoms with Crippen LogP contribution in [0.1, 0.15) is 26.7 Å². The van der Waals surface area contributed by atoms with E-state index in [0.29, 0.717) is 44.5 Å². The Bertz CT molecular complexity index is 788. The van der Waals surface area contributed by atoms with Crippen LogP contribution >= 0.6 is 0 Å². The van der Waals surface area contributed by atoms with Gasteiger partial charge in [0.05, 0.1) is 0 Å². The summed E-state index contributed by atoms with van der Waals surface area (Å²) in [4.78, 5) is 2.25. The molecule has 2 aromatic rings. The van der Waals surface area contributed by atoms with Crippen molar-refractivity contribution in [3.63, 3.8) is 0 Å². The standard InChI is InChI=1S/C15H22N4O4S/c1-4-13-16-17-15(23-13)12-5-6-14(22-12)24(20,21)19-9-7-18(8-10-19)11(2)3/h5-6,11H,4,7-10H2,1-3H3. The van der Waals surface area contributed by atoms with Crippen molar-refractivity contribution in [2.75, 3.05) is 26.2 Å². The van der Waals surface area contributed by atoms with Gasteiger partial charge in [0.1, 0.15) is 0 Å². The van der Waals surface area contributed by atoms with Gasteiger partial charge in [-0.05, 0) is 26.0 Å². The highest BCUT2D eigenvalue weighted by atomic mass is 32.2. The number of aromatic nitrogens is 2. The number of aryl methyl sites for hydroxylation is 1. The monoisotopic (exact) mass is 354 g/mol. The van der Waals surface area contributed by atoms with Crippen LogP contribution in [0.3, 0.4) is 0 Å². The van der Waals surface area contributed by atoms with E-state index in [0.717, 1.165) is 0 Å². The first-order chi connectivity index (χ1) is 11.4. The summed E-state index contributed by atoms with van der Waals surface area (Å²) in [6, 6.07) is 3.40. The number of hydrogen-bond acceptors (Lipinski definition) is 7. The Balaban J connectivity index is 1.76. The third-order valence-corrected chi connectivity index (χ3v) is 5.93. The van der Waals surface area contributed by atoms with Gasteiger partial charge in [0.15, 0.2) is 5.76 Å². The highest BCUT2D eigenvalue weighted by molar-refractivity contribution is 7.89. The zero-order valence-corrected chi connectivity index (χ0v) is 14.9. The number of hydrogen-bond donors (Lipinski definition) is 0. The first-order valence-electron chi connectivity index (χ1n) is 8.08. The van der Waals surface area contributed by atoms with Crippen molar-refractivity contribution in [2.45, 2.75) is 38.3 Å². The molecule has 9 heteroatoms. The maximum atomic E-state index is 12.7. The Morgan fingerprint density at radius 2 is 1.83 bits per heavy atom.